The van der Waals surface area contributed by atoms with Gasteiger partial charge in [0.2, 0.25) is 0 Å². The average Bonchev–Trinajstić information content (AvgIpc) is 2.79. The third kappa shape index (κ3) is 5.15. The number of benzene rings is 3. The van der Waals surface area contributed by atoms with Crippen LogP contribution in [0.4, 0.5) is 15.8 Å². The Morgan fingerprint density at radius 1 is 1.15 bits per heavy atom. The molecule has 172 valence electrons. The number of halogens is 3. The van der Waals surface area contributed by atoms with Crippen molar-refractivity contribution < 1.29 is 22.3 Å². The van der Waals surface area contributed by atoms with Crippen LogP contribution in [0, 0.1) is 5.82 Å². The molecule has 0 atom stereocenters. The maximum atomic E-state index is 13.9. The maximum absolute atomic E-state index is 13.9. The van der Waals surface area contributed by atoms with Crippen molar-refractivity contribution in [2.24, 2.45) is 0 Å². The molecule has 0 aliphatic carbocycles. The van der Waals surface area contributed by atoms with Crippen LogP contribution in [0.3, 0.4) is 0 Å². The zero-order valence-corrected chi connectivity index (χ0v) is 20.4. The molecule has 0 unspecified atom stereocenters. The summed E-state index contributed by atoms with van der Waals surface area (Å²) in [5.41, 5.74) is 1.66. The fraction of sp³-hybridized carbons (Fsp3) is 0.174. The van der Waals surface area contributed by atoms with E-state index in [2.05, 4.69) is 21.2 Å². The molecule has 3 aromatic carbocycles. The van der Waals surface area contributed by atoms with Crippen molar-refractivity contribution in [1.82, 2.24) is 0 Å². The first-order valence-corrected chi connectivity index (χ1v) is 12.6. The molecule has 3 aromatic rings. The molecule has 1 aliphatic heterocycles. The highest BCUT2D eigenvalue weighted by Crippen LogP contribution is 2.34. The van der Waals surface area contributed by atoms with E-state index in [-0.39, 0.29) is 21.4 Å². The predicted octanol–water partition coefficient (Wildman–Crippen LogP) is 5.40. The molecule has 33 heavy (non-hydrogen) atoms. The van der Waals surface area contributed by atoms with Gasteiger partial charge in [-0.15, -0.1) is 0 Å². The Labute approximate surface area is 204 Å². The van der Waals surface area contributed by atoms with Gasteiger partial charge >= 0.3 is 0 Å². The lowest BCUT2D eigenvalue weighted by molar-refractivity contribution is -0.118. The molecular weight excluding hydrogens is 535 g/mol. The molecule has 0 spiro atoms. The minimum Gasteiger partial charge on any atom is -0.482 e. The van der Waals surface area contributed by atoms with E-state index < -0.39 is 28.4 Å². The molecule has 0 saturated heterocycles. The second-order valence-corrected chi connectivity index (χ2v) is 10.5. The number of hydrogen-bond acceptors (Lipinski definition) is 4. The summed E-state index contributed by atoms with van der Waals surface area (Å²) in [5, 5.41) is 2.46. The summed E-state index contributed by atoms with van der Waals surface area (Å²) in [6.45, 7) is -0.0528. The first kappa shape index (κ1) is 23.5. The average molecular weight is 554 g/mol. The summed E-state index contributed by atoms with van der Waals surface area (Å²) in [7, 11) is -3.83. The SMILES string of the molecule is O=C(COc1ccc(S(=O)(=O)N2CCCc3ccccc32)cc1Cl)Nc1ccc(Br)cc1F. The van der Waals surface area contributed by atoms with E-state index in [9.17, 15) is 17.6 Å². The van der Waals surface area contributed by atoms with E-state index in [0.717, 1.165) is 18.4 Å². The fourth-order valence-corrected chi connectivity index (χ4v) is 5.76. The van der Waals surface area contributed by atoms with Gasteiger partial charge in [-0.05, 0) is 60.9 Å². The van der Waals surface area contributed by atoms with Gasteiger partial charge < -0.3 is 10.1 Å². The Kier molecular flexibility index (Phi) is 6.92. The first-order valence-electron chi connectivity index (χ1n) is 10.0. The highest BCUT2D eigenvalue weighted by molar-refractivity contribution is 9.10. The zero-order valence-electron chi connectivity index (χ0n) is 17.2. The van der Waals surface area contributed by atoms with Crippen molar-refractivity contribution in [1.29, 1.82) is 0 Å². The molecule has 1 aliphatic rings. The molecule has 6 nitrogen and oxygen atoms in total. The van der Waals surface area contributed by atoms with Gasteiger partial charge in [0.15, 0.2) is 6.61 Å². The Bertz CT molecular complexity index is 1320. The number of nitrogens with zero attached hydrogens (tertiary/aromatic N) is 1. The van der Waals surface area contributed by atoms with Gasteiger partial charge in [-0.1, -0.05) is 45.7 Å². The Morgan fingerprint density at radius 3 is 2.70 bits per heavy atom. The van der Waals surface area contributed by atoms with Crippen LogP contribution in [0.1, 0.15) is 12.0 Å². The summed E-state index contributed by atoms with van der Waals surface area (Å²) in [4.78, 5) is 12.1. The zero-order chi connectivity index (χ0) is 23.6. The van der Waals surface area contributed by atoms with Crippen molar-refractivity contribution in [3.8, 4) is 5.75 Å². The topological polar surface area (TPSA) is 75.7 Å². The van der Waals surface area contributed by atoms with E-state index in [1.807, 2.05) is 18.2 Å². The number of para-hydroxylation sites is 1. The summed E-state index contributed by atoms with van der Waals surface area (Å²) in [6.07, 6.45) is 1.54. The van der Waals surface area contributed by atoms with E-state index in [1.54, 1.807) is 12.1 Å². The normalized spacial score (nSPS) is 13.4. The smallest absolute Gasteiger partial charge is 0.264 e. The minimum atomic E-state index is -3.83. The Morgan fingerprint density at radius 2 is 1.94 bits per heavy atom. The van der Waals surface area contributed by atoms with Crippen molar-refractivity contribution in [2.45, 2.75) is 17.7 Å². The molecular formula is C23H19BrClFN2O4S. The molecule has 1 heterocycles. The molecule has 0 aromatic heterocycles. The number of fused-ring (bicyclic) bond motifs is 1. The second kappa shape index (κ2) is 9.70. The van der Waals surface area contributed by atoms with Gasteiger partial charge in [0.05, 0.1) is 21.3 Å². The van der Waals surface area contributed by atoms with Crippen molar-refractivity contribution in [2.75, 3.05) is 22.8 Å². The van der Waals surface area contributed by atoms with E-state index in [1.165, 1.54) is 34.6 Å². The van der Waals surface area contributed by atoms with Crippen LogP contribution in [0.2, 0.25) is 5.02 Å². The van der Waals surface area contributed by atoms with Crippen LogP contribution in [0.15, 0.2) is 70.0 Å². The standard InChI is InChI=1S/C23H19BrClFN2O4S/c24-16-7-9-20(19(26)12-16)27-23(29)14-32-22-10-8-17(13-18(22)25)33(30,31)28-11-3-5-15-4-1-2-6-21(15)28/h1-2,4,6-10,12-13H,3,5,11,14H2,(H,27,29). The monoisotopic (exact) mass is 552 g/mol. The lowest BCUT2D eigenvalue weighted by Gasteiger charge is -2.30. The summed E-state index contributed by atoms with van der Waals surface area (Å²) in [5.74, 6) is -1.04. The molecule has 0 bridgehead atoms. The number of sulfonamides is 1. The lowest BCUT2D eigenvalue weighted by atomic mass is 10.0. The summed E-state index contributed by atoms with van der Waals surface area (Å²) < 4.78 is 47.7. The number of anilines is 2. The second-order valence-electron chi connectivity index (χ2n) is 7.36. The summed E-state index contributed by atoms with van der Waals surface area (Å²) >= 11 is 9.40. The molecule has 0 fully saturated rings. The molecule has 1 N–H and O–H groups in total. The van der Waals surface area contributed by atoms with E-state index in [4.69, 9.17) is 16.3 Å². The lowest BCUT2D eigenvalue weighted by Crippen LogP contribution is -2.35. The number of hydrogen-bond donors (Lipinski definition) is 1. The van der Waals surface area contributed by atoms with Gasteiger partial charge in [-0.3, -0.25) is 9.10 Å². The van der Waals surface area contributed by atoms with E-state index in [0.29, 0.717) is 16.7 Å². The Hall–Kier alpha value is -2.62. The van der Waals surface area contributed by atoms with Crippen molar-refractivity contribution >= 4 is 54.8 Å². The van der Waals surface area contributed by atoms with Gasteiger partial charge in [-0.25, -0.2) is 12.8 Å². The van der Waals surface area contributed by atoms with Crippen LogP contribution >= 0.6 is 27.5 Å². The number of carbonyl (C=O) groups excluding carboxylic acids is 1. The number of ether oxygens (including phenoxy) is 1. The molecule has 0 radical (unpaired) electrons. The maximum Gasteiger partial charge on any atom is 0.264 e. The first-order chi connectivity index (χ1) is 15.8. The van der Waals surface area contributed by atoms with Gasteiger partial charge in [-0.2, -0.15) is 0 Å². The number of amides is 1. The van der Waals surface area contributed by atoms with Gasteiger partial charge in [0.25, 0.3) is 15.9 Å². The minimum absolute atomic E-state index is 0.0150. The summed E-state index contributed by atoms with van der Waals surface area (Å²) in [6, 6.07) is 15.7. The number of rotatable bonds is 6. The van der Waals surface area contributed by atoms with Crippen LogP contribution in [0.5, 0.6) is 5.75 Å². The molecule has 0 saturated carbocycles. The van der Waals surface area contributed by atoms with Crippen LogP contribution in [-0.2, 0) is 21.2 Å². The third-order valence-electron chi connectivity index (χ3n) is 5.12. The largest absolute Gasteiger partial charge is 0.482 e. The quantitative estimate of drug-likeness (QED) is 0.444. The molecule has 10 heteroatoms. The van der Waals surface area contributed by atoms with Crippen LogP contribution in [-0.4, -0.2) is 27.5 Å². The number of carbonyl (C=O) groups is 1. The molecule has 4 rings (SSSR count). The number of nitrogens with one attached hydrogen (secondary N) is 1. The third-order valence-corrected chi connectivity index (χ3v) is 7.72. The van der Waals surface area contributed by atoms with Crippen LogP contribution in [0.25, 0.3) is 0 Å². The van der Waals surface area contributed by atoms with Crippen LogP contribution < -0.4 is 14.4 Å². The fourth-order valence-electron chi connectivity index (χ4n) is 3.56. The van der Waals surface area contributed by atoms with E-state index >= 15 is 0 Å². The van der Waals surface area contributed by atoms with Gasteiger partial charge in [0.1, 0.15) is 11.6 Å². The highest BCUT2D eigenvalue weighted by atomic mass is 79.9. The molecule has 1 amide bonds. The predicted molar refractivity (Wildman–Crippen MR) is 129 cm³/mol. The number of aryl methyl sites for hydroxylation is 1. The Balaban J connectivity index is 1.46. The van der Waals surface area contributed by atoms with Crippen molar-refractivity contribution in [3.05, 3.63) is 81.5 Å². The van der Waals surface area contributed by atoms with Gasteiger partial charge in [0, 0.05) is 11.0 Å². The van der Waals surface area contributed by atoms with Crippen molar-refractivity contribution in [3.63, 3.8) is 0 Å². The highest BCUT2D eigenvalue weighted by Gasteiger charge is 2.29.